The van der Waals surface area contributed by atoms with Gasteiger partial charge in [0.15, 0.2) is 0 Å². The van der Waals surface area contributed by atoms with E-state index in [1.165, 1.54) is 0 Å². The van der Waals surface area contributed by atoms with Gasteiger partial charge >= 0.3 is 0 Å². The zero-order valence-electron chi connectivity index (χ0n) is 14.8. The van der Waals surface area contributed by atoms with Crippen LogP contribution >= 0.6 is 0 Å². The Morgan fingerprint density at radius 2 is 2.00 bits per heavy atom. The normalized spacial score (nSPS) is 16.8. The Kier molecular flexibility index (Phi) is 5.88. The van der Waals surface area contributed by atoms with Crippen LogP contribution in [0, 0.1) is 0 Å². The Labute approximate surface area is 156 Å². The predicted octanol–water partition coefficient (Wildman–Crippen LogP) is 0.956. The monoisotopic (exact) mass is 364 g/mol. The van der Waals surface area contributed by atoms with Crippen LogP contribution in [-0.2, 0) is 16.0 Å². The van der Waals surface area contributed by atoms with Gasteiger partial charge < -0.3 is 0 Å². The van der Waals surface area contributed by atoms with E-state index in [0.29, 0.717) is 18.0 Å². The summed E-state index contributed by atoms with van der Waals surface area (Å²) in [5.74, 6) is -0.133. The number of pyridine rings is 1. The Balaban J connectivity index is 1.60. The number of nitrogens with zero attached hydrogens (tertiary/aromatic N) is 3. The van der Waals surface area contributed by atoms with Gasteiger partial charge in [0.2, 0.25) is 5.91 Å². The number of hydrazine groups is 1. The Morgan fingerprint density at radius 3 is 2.74 bits per heavy atom. The fourth-order valence-corrected chi connectivity index (χ4v) is 2.52. The number of rotatable bonds is 6. The minimum atomic E-state index is -0.793. The van der Waals surface area contributed by atoms with E-state index in [4.69, 9.17) is 0 Å². The molecule has 2 heterocycles. The molecule has 1 atom stereocenters. The predicted molar refractivity (Wildman–Crippen MR) is 102 cm³/mol. The number of carbonyl (C=O) groups is 2. The number of aliphatic imine (C=N–C) groups is 1. The minimum absolute atomic E-state index is 0.0877. The van der Waals surface area contributed by atoms with E-state index in [-0.39, 0.29) is 18.2 Å². The van der Waals surface area contributed by atoms with Gasteiger partial charge in [-0.1, -0.05) is 36.4 Å². The highest BCUT2D eigenvalue weighted by molar-refractivity contribution is 5.99. The van der Waals surface area contributed by atoms with Crippen LogP contribution in [0.25, 0.3) is 0 Å². The van der Waals surface area contributed by atoms with Gasteiger partial charge in [-0.3, -0.25) is 30.4 Å². The van der Waals surface area contributed by atoms with Gasteiger partial charge in [0, 0.05) is 24.4 Å². The number of carbonyl (C=O) groups excluding carboxylic acids is 2. The van der Waals surface area contributed by atoms with Crippen molar-refractivity contribution >= 4 is 23.4 Å². The van der Waals surface area contributed by atoms with E-state index < -0.39 is 6.04 Å². The first-order valence-electron chi connectivity index (χ1n) is 8.52. The molecule has 0 spiro atoms. The van der Waals surface area contributed by atoms with E-state index in [1.807, 2.05) is 36.4 Å². The van der Waals surface area contributed by atoms with Crippen molar-refractivity contribution in [2.45, 2.75) is 25.8 Å². The van der Waals surface area contributed by atoms with Gasteiger partial charge in [-0.25, -0.2) is 5.43 Å². The lowest BCUT2D eigenvalue weighted by Crippen LogP contribution is -2.52. The molecule has 3 rings (SSSR count). The maximum Gasteiger partial charge on any atom is 0.263 e. The first-order valence-corrected chi connectivity index (χ1v) is 8.52. The molecule has 1 aliphatic heterocycles. The van der Waals surface area contributed by atoms with Crippen molar-refractivity contribution in [2.75, 3.05) is 0 Å². The summed E-state index contributed by atoms with van der Waals surface area (Å²) in [6.07, 6.45) is 3.77. The highest BCUT2D eigenvalue weighted by atomic mass is 16.2. The molecule has 0 unspecified atom stereocenters. The van der Waals surface area contributed by atoms with Gasteiger partial charge in [-0.15, -0.1) is 0 Å². The molecule has 27 heavy (non-hydrogen) atoms. The quantitative estimate of drug-likeness (QED) is 0.524. The fraction of sp³-hybridized carbons (Fsp3) is 0.211. The third kappa shape index (κ3) is 5.21. The van der Waals surface area contributed by atoms with Crippen LogP contribution < -0.4 is 16.3 Å². The molecule has 3 N–H and O–H groups in total. The summed E-state index contributed by atoms with van der Waals surface area (Å²) in [6, 6.07) is 12.6. The van der Waals surface area contributed by atoms with Crippen molar-refractivity contribution in [2.24, 2.45) is 10.1 Å². The molecule has 138 valence electrons. The Morgan fingerprint density at radius 1 is 1.19 bits per heavy atom. The summed E-state index contributed by atoms with van der Waals surface area (Å²) in [6.45, 7) is 1.77. The molecule has 8 nitrogen and oxygen atoms in total. The third-order valence-electron chi connectivity index (χ3n) is 3.97. The molecule has 8 heteroatoms. The number of amides is 2. The van der Waals surface area contributed by atoms with Crippen LogP contribution in [0.1, 0.15) is 24.5 Å². The molecular formula is C19H20N6O2. The largest absolute Gasteiger partial charge is 0.285 e. The first kappa shape index (κ1) is 18.2. The van der Waals surface area contributed by atoms with Gasteiger partial charge in [0.1, 0.15) is 11.9 Å². The fourth-order valence-electron chi connectivity index (χ4n) is 2.52. The second-order valence-corrected chi connectivity index (χ2v) is 6.05. The van der Waals surface area contributed by atoms with Gasteiger partial charge in [0.25, 0.3) is 5.91 Å². The molecule has 1 aliphatic rings. The summed E-state index contributed by atoms with van der Waals surface area (Å²) >= 11 is 0. The molecular weight excluding hydrogens is 344 g/mol. The SMILES string of the molecule is CC(=NNC(=O)C[C@@H]1N=C(Cc2ccccc2)NNC1=O)c1cccnc1. The lowest BCUT2D eigenvalue weighted by Gasteiger charge is -2.21. The number of nitrogens with one attached hydrogen (secondary N) is 3. The standard InChI is InChI=1S/C19H20N6O2/c1-13(15-8-5-9-20-12-15)22-24-18(26)11-16-19(27)25-23-17(21-16)10-14-6-3-2-4-7-14/h2-9,12,16H,10-11H2,1H3,(H,21,23)(H,24,26)(H,25,27)/t16-/m0/s1. The van der Waals surface area contributed by atoms with Crippen LogP contribution in [-0.4, -0.2) is 34.4 Å². The average molecular weight is 364 g/mol. The van der Waals surface area contributed by atoms with E-state index in [0.717, 1.165) is 11.1 Å². The lowest BCUT2D eigenvalue weighted by molar-refractivity contribution is -0.128. The van der Waals surface area contributed by atoms with E-state index in [9.17, 15) is 9.59 Å². The Bertz CT molecular complexity index is 864. The molecule has 1 aromatic heterocycles. The van der Waals surface area contributed by atoms with Gasteiger partial charge in [-0.05, 0) is 18.6 Å². The smallest absolute Gasteiger partial charge is 0.263 e. The maximum absolute atomic E-state index is 12.2. The van der Waals surface area contributed by atoms with Crippen LogP contribution in [0.5, 0.6) is 0 Å². The van der Waals surface area contributed by atoms with Crippen LogP contribution in [0.15, 0.2) is 65.0 Å². The maximum atomic E-state index is 12.2. The molecule has 2 aromatic rings. The summed E-state index contributed by atoms with van der Waals surface area (Å²) in [5, 5.41) is 4.05. The molecule has 0 saturated carbocycles. The molecule has 2 amide bonds. The second-order valence-electron chi connectivity index (χ2n) is 6.05. The van der Waals surface area contributed by atoms with Crippen molar-refractivity contribution in [3.05, 3.63) is 66.0 Å². The summed E-state index contributed by atoms with van der Waals surface area (Å²) in [4.78, 5) is 32.5. The number of hydrazone groups is 1. The van der Waals surface area contributed by atoms with E-state index >= 15 is 0 Å². The second kappa shape index (κ2) is 8.70. The van der Waals surface area contributed by atoms with Crippen molar-refractivity contribution in [3.63, 3.8) is 0 Å². The zero-order chi connectivity index (χ0) is 19.1. The number of hydrogen-bond acceptors (Lipinski definition) is 6. The third-order valence-corrected chi connectivity index (χ3v) is 3.97. The molecule has 0 aliphatic carbocycles. The van der Waals surface area contributed by atoms with Crippen LogP contribution in [0.4, 0.5) is 0 Å². The topological polar surface area (TPSA) is 108 Å². The number of amidine groups is 1. The summed E-state index contributed by atoms with van der Waals surface area (Å²) < 4.78 is 0. The van der Waals surface area contributed by atoms with Crippen molar-refractivity contribution < 1.29 is 9.59 Å². The van der Waals surface area contributed by atoms with Gasteiger partial charge in [0.05, 0.1) is 12.1 Å². The zero-order valence-corrected chi connectivity index (χ0v) is 14.8. The van der Waals surface area contributed by atoms with Crippen molar-refractivity contribution in [3.8, 4) is 0 Å². The first-order chi connectivity index (χ1) is 13.1. The molecule has 0 saturated heterocycles. The highest BCUT2D eigenvalue weighted by Gasteiger charge is 2.25. The molecule has 0 bridgehead atoms. The molecule has 0 fully saturated rings. The number of benzene rings is 1. The van der Waals surface area contributed by atoms with Crippen molar-refractivity contribution in [1.82, 2.24) is 21.3 Å². The number of hydrogen-bond donors (Lipinski definition) is 3. The Hall–Kier alpha value is -3.55. The average Bonchev–Trinajstić information content (AvgIpc) is 2.70. The summed E-state index contributed by atoms with van der Waals surface area (Å²) in [7, 11) is 0. The lowest BCUT2D eigenvalue weighted by atomic mass is 10.1. The number of aromatic nitrogens is 1. The van der Waals surface area contributed by atoms with Crippen LogP contribution in [0.2, 0.25) is 0 Å². The molecule has 0 radical (unpaired) electrons. The summed E-state index contributed by atoms with van der Waals surface area (Å²) in [5.41, 5.74) is 10.3. The van der Waals surface area contributed by atoms with Crippen LogP contribution in [0.3, 0.4) is 0 Å². The van der Waals surface area contributed by atoms with E-state index in [2.05, 4.69) is 31.4 Å². The minimum Gasteiger partial charge on any atom is -0.285 e. The van der Waals surface area contributed by atoms with Gasteiger partial charge in [-0.2, -0.15) is 5.10 Å². The van der Waals surface area contributed by atoms with Crippen molar-refractivity contribution in [1.29, 1.82) is 0 Å². The van der Waals surface area contributed by atoms with E-state index in [1.54, 1.807) is 25.4 Å². The highest BCUT2D eigenvalue weighted by Crippen LogP contribution is 2.07. The molecule has 1 aromatic carbocycles.